The highest BCUT2D eigenvalue weighted by atomic mass is 35.5. The lowest BCUT2D eigenvalue weighted by atomic mass is 10.1. The first-order chi connectivity index (χ1) is 12.5. The highest BCUT2D eigenvalue weighted by molar-refractivity contribution is 7.92. The zero-order valence-corrected chi connectivity index (χ0v) is 17.7. The summed E-state index contributed by atoms with van der Waals surface area (Å²) in [7, 11) is -3.69. The molecule has 2 atom stereocenters. The fourth-order valence-corrected chi connectivity index (χ4v) is 4.26. The lowest BCUT2D eigenvalue weighted by Gasteiger charge is -2.30. The molecule has 0 saturated carbocycles. The first-order valence-corrected chi connectivity index (χ1v) is 10.9. The second kappa shape index (κ2) is 8.31. The Kier molecular flexibility index (Phi) is 6.54. The maximum Gasteiger partial charge on any atom is 0.244 e. The van der Waals surface area contributed by atoms with Crippen LogP contribution in [-0.4, -0.2) is 26.6 Å². The quantitative estimate of drug-likeness (QED) is 0.785. The van der Waals surface area contributed by atoms with E-state index in [1.807, 2.05) is 38.1 Å². The van der Waals surface area contributed by atoms with Crippen LogP contribution >= 0.6 is 11.6 Å². The smallest absolute Gasteiger partial charge is 0.244 e. The fourth-order valence-electron chi connectivity index (χ4n) is 2.87. The summed E-state index contributed by atoms with van der Waals surface area (Å²) in [5.74, 6) is -0.382. The standard InChI is InChI=1S/C20H25ClN2O3S/c1-13-6-9-17(10-7-13)15(3)22-20(24)16(4)23(27(5,25)26)19-12-18(21)11-8-14(19)2/h6-12,15-16H,1-5H3,(H,22,24)/t15-,16-/m1/s1. The average molecular weight is 409 g/mol. The van der Waals surface area contributed by atoms with E-state index in [0.29, 0.717) is 10.7 Å². The van der Waals surface area contributed by atoms with E-state index in [9.17, 15) is 13.2 Å². The van der Waals surface area contributed by atoms with Crippen molar-refractivity contribution in [2.75, 3.05) is 10.6 Å². The fraction of sp³-hybridized carbons (Fsp3) is 0.350. The van der Waals surface area contributed by atoms with Crippen molar-refractivity contribution in [3.8, 4) is 0 Å². The summed E-state index contributed by atoms with van der Waals surface area (Å²) in [5, 5.41) is 3.30. The number of halogens is 1. The largest absolute Gasteiger partial charge is 0.348 e. The van der Waals surface area contributed by atoms with E-state index in [-0.39, 0.29) is 11.9 Å². The molecule has 0 aliphatic heterocycles. The molecule has 0 heterocycles. The molecule has 7 heteroatoms. The summed E-state index contributed by atoms with van der Waals surface area (Å²) in [4.78, 5) is 12.8. The predicted molar refractivity (Wildman–Crippen MR) is 111 cm³/mol. The third kappa shape index (κ3) is 5.23. The maximum absolute atomic E-state index is 12.8. The summed E-state index contributed by atoms with van der Waals surface area (Å²) in [5.41, 5.74) is 3.20. The molecule has 146 valence electrons. The molecule has 2 rings (SSSR count). The number of rotatable bonds is 6. The van der Waals surface area contributed by atoms with Gasteiger partial charge < -0.3 is 5.32 Å². The summed E-state index contributed by atoms with van der Waals surface area (Å²) >= 11 is 6.05. The molecular weight excluding hydrogens is 384 g/mol. The van der Waals surface area contributed by atoms with Crippen molar-refractivity contribution in [3.63, 3.8) is 0 Å². The van der Waals surface area contributed by atoms with Gasteiger partial charge in [-0.1, -0.05) is 47.5 Å². The Bertz CT molecular complexity index is 927. The van der Waals surface area contributed by atoms with E-state index in [1.165, 1.54) is 0 Å². The van der Waals surface area contributed by atoms with Crippen molar-refractivity contribution < 1.29 is 13.2 Å². The highest BCUT2D eigenvalue weighted by Gasteiger charge is 2.31. The van der Waals surface area contributed by atoms with Crippen molar-refractivity contribution in [3.05, 3.63) is 64.2 Å². The van der Waals surface area contributed by atoms with Crippen molar-refractivity contribution in [2.45, 2.75) is 39.8 Å². The molecule has 0 aliphatic carbocycles. The van der Waals surface area contributed by atoms with Gasteiger partial charge in [0.1, 0.15) is 6.04 Å². The van der Waals surface area contributed by atoms with Gasteiger partial charge in [0, 0.05) is 5.02 Å². The number of amides is 1. The Balaban J connectivity index is 2.30. The lowest BCUT2D eigenvalue weighted by Crippen LogP contribution is -2.48. The van der Waals surface area contributed by atoms with Crippen molar-refractivity contribution in [1.29, 1.82) is 0 Å². The minimum atomic E-state index is -3.69. The Morgan fingerprint density at radius 1 is 1.07 bits per heavy atom. The van der Waals surface area contributed by atoms with E-state index in [2.05, 4.69) is 5.32 Å². The van der Waals surface area contributed by atoms with Gasteiger partial charge in [-0.25, -0.2) is 8.42 Å². The lowest BCUT2D eigenvalue weighted by molar-refractivity contribution is -0.122. The Morgan fingerprint density at radius 2 is 1.67 bits per heavy atom. The summed E-state index contributed by atoms with van der Waals surface area (Å²) in [6, 6.07) is 11.6. The summed E-state index contributed by atoms with van der Waals surface area (Å²) in [6.45, 7) is 7.21. The van der Waals surface area contributed by atoms with Crippen LogP contribution in [0.4, 0.5) is 5.69 Å². The van der Waals surface area contributed by atoms with Crippen molar-refractivity contribution in [2.24, 2.45) is 0 Å². The van der Waals surface area contributed by atoms with Crippen LogP contribution in [0.1, 0.15) is 36.6 Å². The number of sulfonamides is 1. The van der Waals surface area contributed by atoms with Gasteiger partial charge in [-0.2, -0.15) is 0 Å². The molecule has 0 aliphatic rings. The highest BCUT2D eigenvalue weighted by Crippen LogP contribution is 2.28. The van der Waals surface area contributed by atoms with E-state index in [1.54, 1.807) is 32.0 Å². The van der Waals surface area contributed by atoms with E-state index in [0.717, 1.165) is 27.3 Å². The molecule has 2 aromatic rings. The second-order valence-electron chi connectivity index (χ2n) is 6.81. The first kappa shape index (κ1) is 21.3. The number of anilines is 1. The Labute approximate surface area is 166 Å². The number of carbonyl (C=O) groups excluding carboxylic acids is 1. The number of carbonyl (C=O) groups is 1. The molecule has 0 spiro atoms. The third-order valence-corrected chi connectivity index (χ3v) is 5.90. The van der Waals surface area contributed by atoms with Crippen LogP contribution in [0.25, 0.3) is 0 Å². The topological polar surface area (TPSA) is 66.5 Å². The normalized spacial score (nSPS) is 13.7. The van der Waals surface area contributed by atoms with Crippen LogP contribution in [0.5, 0.6) is 0 Å². The molecular formula is C20H25ClN2O3S. The van der Waals surface area contributed by atoms with E-state index < -0.39 is 16.1 Å². The van der Waals surface area contributed by atoms with E-state index >= 15 is 0 Å². The number of benzene rings is 2. The molecule has 0 radical (unpaired) electrons. The van der Waals surface area contributed by atoms with Crippen LogP contribution in [0.3, 0.4) is 0 Å². The zero-order chi connectivity index (χ0) is 20.4. The number of aryl methyl sites for hydroxylation is 2. The molecule has 5 nitrogen and oxygen atoms in total. The van der Waals surface area contributed by atoms with Gasteiger partial charge in [0.05, 0.1) is 18.0 Å². The number of hydrogen-bond acceptors (Lipinski definition) is 3. The van der Waals surface area contributed by atoms with E-state index in [4.69, 9.17) is 11.6 Å². The second-order valence-corrected chi connectivity index (χ2v) is 9.10. The average Bonchev–Trinajstić information content (AvgIpc) is 2.57. The predicted octanol–water partition coefficient (Wildman–Crippen LogP) is 3.99. The molecule has 0 fully saturated rings. The molecule has 27 heavy (non-hydrogen) atoms. The van der Waals surface area contributed by atoms with Crippen LogP contribution in [-0.2, 0) is 14.8 Å². The Morgan fingerprint density at radius 3 is 2.22 bits per heavy atom. The maximum atomic E-state index is 12.8. The molecule has 0 unspecified atom stereocenters. The number of nitrogens with one attached hydrogen (secondary N) is 1. The van der Waals surface area contributed by atoms with Gasteiger partial charge in [-0.05, 0) is 51.0 Å². The number of hydrogen-bond donors (Lipinski definition) is 1. The Hall–Kier alpha value is -2.05. The number of nitrogens with zero attached hydrogens (tertiary/aromatic N) is 1. The molecule has 1 N–H and O–H groups in total. The van der Waals surface area contributed by atoms with Crippen LogP contribution in [0.2, 0.25) is 5.02 Å². The molecule has 0 aromatic heterocycles. The molecule has 1 amide bonds. The minimum Gasteiger partial charge on any atom is -0.348 e. The van der Waals surface area contributed by atoms with Gasteiger partial charge >= 0.3 is 0 Å². The van der Waals surface area contributed by atoms with Crippen molar-refractivity contribution >= 4 is 33.2 Å². The first-order valence-electron chi connectivity index (χ1n) is 8.63. The third-order valence-electron chi connectivity index (χ3n) is 4.43. The van der Waals surface area contributed by atoms with Crippen molar-refractivity contribution in [1.82, 2.24) is 5.32 Å². The van der Waals surface area contributed by atoms with Gasteiger partial charge in [0.2, 0.25) is 15.9 Å². The SMILES string of the molecule is Cc1ccc([C@@H](C)NC(=O)[C@@H](C)N(c2cc(Cl)ccc2C)S(C)(=O)=O)cc1. The summed E-state index contributed by atoms with van der Waals surface area (Å²) < 4.78 is 26.0. The van der Waals surface area contributed by atoms with Gasteiger partial charge in [-0.3, -0.25) is 9.10 Å². The van der Waals surface area contributed by atoms with Crippen LogP contribution in [0.15, 0.2) is 42.5 Å². The molecule has 2 aromatic carbocycles. The van der Waals surface area contributed by atoms with Crippen LogP contribution in [0, 0.1) is 13.8 Å². The van der Waals surface area contributed by atoms with Gasteiger partial charge in [-0.15, -0.1) is 0 Å². The van der Waals surface area contributed by atoms with Gasteiger partial charge in [0.25, 0.3) is 0 Å². The monoisotopic (exact) mass is 408 g/mol. The minimum absolute atomic E-state index is 0.248. The van der Waals surface area contributed by atoms with Crippen LogP contribution < -0.4 is 9.62 Å². The summed E-state index contributed by atoms with van der Waals surface area (Å²) in [6.07, 6.45) is 1.08. The molecule has 0 saturated heterocycles. The zero-order valence-electron chi connectivity index (χ0n) is 16.2. The molecule has 0 bridgehead atoms. The van der Waals surface area contributed by atoms with Gasteiger partial charge in [0.15, 0.2) is 0 Å².